The van der Waals surface area contributed by atoms with Crippen LogP contribution in [0, 0.1) is 0 Å². The van der Waals surface area contributed by atoms with Gasteiger partial charge in [-0.3, -0.25) is 4.90 Å². The molecule has 4 nitrogen and oxygen atoms in total. The molecular formula is C20H21F3N2O2. The van der Waals surface area contributed by atoms with Crippen LogP contribution in [0.15, 0.2) is 48.5 Å². The molecule has 0 bridgehead atoms. The van der Waals surface area contributed by atoms with Crippen LogP contribution in [0.1, 0.15) is 30.0 Å². The van der Waals surface area contributed by atoms with Gasteiger partial charge in [0.05, 0.1) is 17.3 Å². The van der Waals surface area contributed by atoms with Gasteiger partial charge in [0.25, 0.3) is 0 Å². The molecule has 2 N–H and O–H groups in total. The van der Waals surface area contributed by atoms with E-state index in [1.54, 1.807) is 18.2 Å². The van der Waals surface area contributed by atoms with Crippen LogP contribution in [0.2, 0.25) is 0 Å². The fraction of sp³-hybridized carbons (Fsp3) is 0.350. The number of anilines is 1. The average molecular weight is 378 g/mol. The number of benzene rings is 2. The van der Waals surface area contributed by atoms with Gasteiger partial charge in [0.2, 0.25) is 0 Å². The van der Waals surface area contributed by atoms with Gasteiger partial charge < -0.3 is 15.2 Å². The molecule has 3 rings (SSSR count). The van der Waals surface area contributed by atoms with E-state index in [4.69, 9.17) is 0 Å². The van der Waals surface area contributed by atoms with E-state index in [2.05, 4.69) is 5.32 Å². The number of nitrogens with zero attached hydrogens (tertiary/aromatic N) is 1. The van der Waals surface area contributed by atoms with Gasteiger partial charge in [0.1, 0.15) is 12.0 Å². The van der Waals surface area contributed by atoms with E-state index < -0.39 is 17.8 Å². The Morgan fingerprint density at radius 2 is 1.70 bits per heavy atom. The lowest BCUT2D eigenvalue weighted by Crippen LogP contribution is -2.41. The van der Waals surface area contributed by atoms with E-state index in [0.717, 1.165) is 31.3 Å². The molecule has 2 aromatic rings. The molecule has 1 heterocycles. The molecule has 1 saturated heterocycles. The smallest absolute Gasteiger partial charge is 0.416 e. The second-order valence-corrected chi connectivity index (χ2v) is 6.67. The van der Waals surface area contributed by atoms with Crippen LogP contribution in [0.5, 0.6) is 5.75 Å². The lowest BCUT2D eigenvalue weighted by molar-refractivity contribution is -0.137. The molecule has 144 valence electrons. The van der Waals surface area contributed by atoms with Crippen molar-refractivity contribution >= 4 is 12.0 Å². The minimum Gasteiger partial charge on any atom is -0.506 e. The number of aromatic hydroxyl groups is 1. The highest BCUT2D eigenvalue weighted by Crippen LogP contribution is 2.31. The van der Waals surface area contributed by atoms with Gasteiger partial charge in [-0.15, -0.1) is 0 Å². The third-order valence-electron chi connectivity index (χ3n) is 4.90. The summed E-state index contributed by atoms with van der Waals surface area (Å²) >= 11 is 0. The first kappa shape index (κ1) is 19.2. The highest BCUT2D eigenvalue weighted by Gasteiger charge is 2.31. The summed E-state index contributed by atoms with van der Waals surface area (Å²) in [5.74, 6) is 0.190. The molecule has 1 atom stereocenters. The Hall–Kier alpha value is -2.54. The maximum atomic E-state index is 12.7. The topological polar surface area (TPSA) is 52.6 Å². The molecule has 0 aliphatic carbocycles. The van der Waals surface area contributed by atoms with E-state index in [1.807, 2.05) is 11.0 Å². The summed E-state index contributed by atoms with van der Waals surface area (Å²) in [6.07, 6.45) is -2.08. The molecule has 1 aliphatic heterocycles. The van der Waals surface area contributed by atoms with Crippen molar-refractivity contribution in [3.63, 3.8) is 0 Å². The van der Waals surface area contributed by atoms with Gasteiger partial charge in [-0.1, -0.05) is 24.3 Å². The van der Waals surface area contributed by atoms with Crippen molar-refractivity contribution in [1.29, 1.82) is 0 Å². The molecule has 7 heteroatoms. The number of hydrogen-bond donors (Lipinski definition) is 2. The zero-order valence-electron chi connectivity index (χ0n) is 14.6. The molecule has 1 aliphatic rings. The van der Waals surface area contributed by atoms with Gasteiger partial charge in [0.15, 0.2) is 0 Å². The number of para-hydroxylation sites is 2. The van der Waals surface area contributed by atoms with Crippen LogP contribution < -0.4 is 5.32 Å². The molecule has 0 radical (unpaired) electrons. The average Bonchev–Trinajstić information content (AvgIpc) is 2.65. The third-order valence-corrected chi connectivity index (χ3v) is 4.90. The number of carbonyl (C=O) groups is 1. The van der Waals surface area contributed by atoms with E-state index >= 15 is 0 Å². The number of phenols is 1. The fourth-order valence-corrected chi connectivity index (χ4v) is 3.38. The highest BCUT2D eigenvalue weighted by molar-refractivity contribution is 5.61. The van der Waals surface area contributed by atoms with E-state index in [-0.39, 0.29) is 11.8 Å². The number of carbonyl (C=O) groups excluding carboxylic acids is 1. The number of rotatable bonds is 5. The predicted molar refractivity (Wildman–Crippen MR) is 96.6 cm³/mol. The Kier molecular flexibility index (Phi) is 5.70. The Morgan fingerprint density at radius 3 is 2.26 bits per heavy atom. The quantitative estimate of drug-likeness (QED) is 0.604. The van der Waals surface area contributed by atoms with Gasteiger partial charge in [-0.25, -0.2) is 0 Å². The standard InChI is InChI=1S/C20H21F3N2O2/c21-20(22,23)15-7-5-14(6-8-15)18(13-26)25-11-9-16(10-12-25)24-17-3-1-2-4-19(17)27/h1-8,13,16,18,24,27H,9-12H2. The van der Waals surface area contributed by atoms with Crippen LogP contribution >= 0.6 is 0 Å². The lowest BCUT2D eigenvalue weighted by Gasteiger charge is -2.36. The predicted octanol–water partition coefficient (Wildman–Crippen LogP) is 4.23. The summed E-state index contributed by atoms with van der Waals surface area (Å²) in [6, 6.07) is 11.4. The van der Waals surface area contributed by atoms with E-state index in [1.165, 1.54) is 12.1 Å². The first-order valence-electron chi connectivity index (χ1n) is 8.79. The van der Waals surface area contributed by atoms with Crippen molar-refractivity contribution in [3.8, 4) is 5.75 Å². The molecule has 1 fully saturated rings. The zero-order chi connectivity index (χ0) is 19.4. The van der Waals surface area contributed by atoms with Crippen LogP contribution in [-0.2, 0) is 11.0 Å². The minimum absolute atomic E-state index is 0.162. The molecular weight excluding hydrogens is 357 g/mol. The molecule has 0 spiro atoms. The highest BCUT2D eigenvalue weighted by atomic mass is 19.4. The Morgan fingerprint density at radius 1 is 1.07 bits per heavy atom. The first-order chi connectivity index (χ1) is 12.9. The Balaban J connectivity index is 1.62. The number of likely N-dealkylation sites (tertiary alicyclic amines) is 1. The first-order valence-corrected chi connectivity index (χ1v) is 8.79. The number of piperidine rings is 1. The molecule has 2 aromatic carbocycles. The molecule has 0 saturated carbocycles. The number of phenolic OH excluding ortho intramolecular Hbond substituents is 1. The van der Waals surface area contributed by atoms with Crippen LogP contribution in [0.4, 0.5) is 18.9 Å². The van der Waals surface area contributed by atoms with Crippen LogP contribution in [-0.4, -0.2) is 35.4 Å². The summed E-state index contributed by atoms with van der Waals surface area (Å²) in [5, 5.41) is 13.1. The van der Waals surface area contributed by atoms with Gasteiger partial charge in [0, 0.05) is 19.1 Å². The summed E-state index contributed by atoms with van der Waals surface area (Å²) in [4.78, 5) is 13.6. The maximum absolute atomic E-state index is 12.7. The molecule has 27 heavy (non-hydrogen) atoms. The van der Waals surface area contributed by atoms with Crippen molar-refractivity contribution in [3.05, 3.63) is 59.7 Å². The summed E-state index contributed by atoms with van der Waals surface area (Å²) in [7, 11) is 0. The van der Waals surface area contributed by atoms with Crippen molar-refractivity contribution in [1.82, 2.24) is 4.90 Å². The Bertz CT molecular complexity index is 770. The van der Waals surface area contributed by atoms with Crippen LogP contribution in [0.3, 0.4) is 0 Å². The fourth-order valence-electron chi connectivity index (χ4n) is 3.38. The van der Waals surface area contributed by atoms with E-state index in [9.17, 15) is 23.1 Å². The van der Waals surface area contributed by atoms with Crippen molar-refractivity contribution in [2.45, 2.75) is 31.1 Å². The van der Waals surface area contributed by atoms with Crippen molar-refractivity contribution < 1.29 is 23.1 Å². The Labute approximate surface area is 155 Å². The van der Waals surface area contributed by atoms with Crippen molar-refractivity contribution in [2.75, 3.05) is 18.4 Å². The number of nitrogens with one attached hydrogen (secondary N) is 1. The number of aldehydes is 1. The summed E-state index contributed by atoms with van der Waals surface area (Å²) in [6.45, 7) is 1.27. The number of halogens is 3. The second kappa shape index (κ2) is 8.00. The molecule has 1 unspecified atom stereocenters. The normalized spacial score (nSPS) is 17.4. The second-order valence-electron chi connectivity index (χ2n) is 6.67. The van der Waals surface area contributed by atoms with Gasteiger partial charge in [-0.2, -0.15) is 13.2 Å². The lowest BCUT2D eigenvalue weighted by atomic mass is 9.99. The number of hydrogen-bond acceptors (Lipinski definition) is 4. The third kappa shape index (κ3) is 4.60. The summed E-state index contributed by atoms with van der Waals surface area (Å²) < 4.78 is 38.1. The monoisotopic (exact) mass is 378 g/mol. The van der Waals surface area contributed by atoms with Gasteiger partial charge in [-0.05, 0) is 42.7 Å². The zero-order valence-corrected chi connectivity index (χ0v) is 14.6. The largest absolute Gasteiger partial charge is 0.506 e. The number of alkyl halides is 3. The molecule has 0 amide bonds. The minimum atomic E-state index is -4.39. The van der Waals surface area contributed by atoms with Gasteiger partial charge >= 0.3 is 6.18 Å². The van der Waals surface area contributed by atoms with Crippen molar-refractivity contribution in [2.24, 2.45) is 0 Å². The molecule has 0 aromatic heterocycles. The van der Waals surface area contributed by atoms with Crippen LogP contribution in [0.25, 0.3) is 0 Å². The van der Waals surface area contributed by atoms with E-state index in [0.29, 0.717) is 24.3 Å². The maximum Gasteiger partial charge on any atom is 0.416 e. The SMILES string of the molecule is O=CC(c1ccc(C(F)(F)F)cc1)N1CCC(Nc2ccccc2O)CC1. The summed E-state index contributed by atoms with van der Waals surface area (Å²) in [5.41, 5.74) is 0.511.